The normalized spacial score (nSPS) is 24.5. The molecule has 0 atom stereocenters. The molecule has 0 spiro atoms. The number of ether oxygens (including phenoxy) is 1. The zero-order chi connectivity index (χ0) is 12.3. The standard InChI is InChI=1S/C12H19N3O2/c1-9-2-4-11(5-3-9)17-12(16)8-15-7-10(13)6-14-15/h6-7,9,11H,2-5,8,13H2,1H3. The van der Waals surface area contributed by atoms with Gasteiger partial charge in [-0.2, -0.15) is 5.10 Å². The Morgan fingerprint density at radius 3 is 2.82 bits per heavy atom. The van der Waals surface area contributed by atoms with Crippen molar-refractivity contribution in [1.29, 1.82) is 0 Å². The lowest BCUT2D eigenvalue weighted by atomic mass is 9.89. The van der Waals surface area contributed by atoms with Gasteiger partial charge in [0, 0.05) is 6.20 Å². The molecule has 5 nitrogen and oxygen atoms in total. The van der Waals surface area contributed by atoms with Crippen molar-refractivity contribution in [3.8, 4) is 0 Å². The van der Waals surface area contributed by atoms with Gasteiger partial charge in [0.15, 0.2) is 0 Å². The number of nitrogens with two attached hydrogens (primary N) is 1. The maximum absolute atomic E-state index is 11.6. The van der Waals surface area contributed by atoms with Gasteiger partial charge in [-0.3, -0.25) is 9.48 Å². The van der Waals surface area contributed by atoms with Gasteiger partial charge in [0.25, 0.3) is 0 Å². The van der Waals surface area contributed by atoms with E-state index in [1.54, 1.807) is 6.20 Å². The molecule has 1 aromatic rings. The molecule has 0 saturated heterocycles. The first-order valence-electron chi connectivity index (χ1n) is 6.11. The van der Waals surface area contributed by atoms with Crippen molar-refractivity contribution < 1.29 is 9.53 Å². The minimum absolute atomic E-state index is 0.0895. The molecule has 1 aliphatic carbocycles. The smallest absolute Gasteiger partial charge is 0.328 e. The zero-order valence-corrected chi connectivity index (χ0v) is 10.1. The van der Waals surface area contributed by atoms with E-state index in [0.717, 1.165) is 31.6 Å². The largest absolute Gasteiger partial charge is 0.461 e. The van der Waals surface area contributed by atoms with E-state index in [-0.39, 0.29) is 18.6 Å². The molecule has 2 N–H and O–H groups in total. The zero-order valence-electron chi connectivity index (χ0n) is 10.1. The lowest BCUT2D eigenvalue weighted by Crippen LogP contribution is -2.25. The van der Waals surface area contributed by atoms with Crippen LogP contribution in [0.5, 0.6) is 0 Å². The third-order valence-corrected chi connectivity index (χ3v) is 3.21. The number of carbonyl (C=O) groups excluding carboxylic acids is 1. The average Bonchev–Trinajstić information content (AvgIpc) is 2.67. The molecular weight excluding hydrogens is 218 g/mol. The average molecular weight is 237 g/mol. The first-order chi connectivity index (χ1) is 8.13. The van der Waals surface area contributed by atoms with Gasteiger partial charge in [-0.25, -0.2) is 0 Å². The molecule has 5 heteroatoms. The topological polar surface area (TPSA) is 70.1 Å². The first-order valence-corrected chi connectivity index (χ1v) is 6.11. The van der Waals surface area contributed by atoms with Gasteiger partial charge in [-0.1, -0.05) is 6.92 Å². The van der Waals surface area contributed by atoms with E-state index >= 15 is 0 Å². The highest BCUT2D eigenvalue weighted by Crippen LogP contribution is 2.25. The van der Waals surface area contributed by atoms with Crippen molar-refractivity contribution in [1.82, 2.24) is 9.78 Å². The molecule has 0 amide bonds. The molecular formula is C12H19N3O2. The van der Waals surface area contributed by atoms with E-state index in [0.29, 0.717) is 5.69 Å². The van der Waals surface area contributed by atoms with Crippen LogP contribution in [-0.4, -0.2) is 21.9 Å². The predicted octanol–water partition coefficient (Wildman–Crippen LogP) is 1.59. The van der Waals surface area contributed by atoms with Crippen molar-refractivity contribution in [2.24, 2.45) is 5.92 Å². The van der Waals surface area contributed by atoms with Crippen LogP contribution in [0.25, 0.3) is 0 Å². The lowest BCUT2D eigenvalue weighted by molar-refractivity contribution is -0.151. The summed E-state index contributed by atoms with van der Waals surface area (Å²) in [5, 5.41) is 3.95. The number of esters is 1. The Hall–Kier alpha value is -1.52. The second-order valence-electron chi connectivity index (χ2n) is 4.84. The van der Waals surface area contributed by atoms with Gasteiger partial charge in [-0.15, -0.1) is 0 Å². The van der Waals surface area contributed by atoms with Crippen molar-refractivity contribution in [3.63, 3.8) is 0 Å². The van der Waals surface area contributed by atoms with Crippen LogP contribution in [0.15, 0.2) is 12.4 Å². The molecule has 1 fully saturated rings. The summed E-state index contributed by atoms with van der Waals surface area (Å²) in [5.74, 6) is 0.531. The van der Waals surface area contributed by atoms with E-state index in [1.807, 2.05) is 0 Å². The fraction of sp³-hybridized carbons (Fsp3) is 0.667. The highest BCUT2D eigenvalue weighted by Gasteiger charge is 2.21. The van der Waals surface area contributed by atoms with Crippen molar-refractivity contribution in [3.05, 3.63) is 12.4 Å². The summed E-state index contributed by atoms with van der Waals surface area (Å²) in [6.07, 6.45) is 7.49. The minimum Gasteiger partial charge on any atom is -0.461 e. The molecule has 0 aliphatic heterocycles. The molecule has 0 radical (unpaired) electrons. The molecule has 2 rings (SSSR count). The summed E-state index contributed by atoms with van der Waals surface area (Å²) < 4.78 is 6.92. The molecule has 0 aromatic carbocycles. The second-order valence-corrected chi connectivity index (χ2v) is 4.84. The molecule has 0 bridgehead atoms. The monoisotopic (exact) mass is 237 g/mol. The van der Waals surface area contributed by atoms with Gasteiger partial charge in [0.05, 0.1) is 11.9 Å². The van der Waals surface area contributed by atoms with E-state index in [9.17, 15) is 4.79 Å². The van der Waals surface area contributed by atoms with Gasteiger partial charge >= 0.3 is 5.97 Å². The van der Waals surface area contributed by atoms with Crippen LogP contribution < -0.4 is 5.73 Å². The summed E-state index contributed by atoms with van der Waals surface area (Å²) >= 11 is 0. The van der Waals surface area contributed by atoms with Crippen LogP contribution in [0.3, 0.4) is 0 Å². The van der Waals surface area contributed by atoms with Crippen LogP contribution in [0, 0.1) is 5.92 Å². The quantitative estimate of drug-likeness (QED) is 0.810. The summed E-state index contributed by atoms with van der Waals surface area (Å²) in [7, 11) is 0. The van der Waals surface area contributed by atoms with Crippen LogP contribution in [0.2, 0.25) is 0 Å². The Morgan fingerprint density at radius 1 is 1.53 bits per heavy atom. The first kappa shape index (κ1) is 12.0. The van der Waals surface area contributed by atoms with Gasteiger partial charge < -0.3 is 10.5 Å². The van der Waals surface area contributed by atoms with Gasteiger partial charge in [0.2, 0.25) is 0 Å². The highest BCUT2D eigenvalue weighted by molar-refractivity contribution is 5.69. The SMILES string of the molecule is CC1CCC(OC(=O)Cn2cc(N)cn2)CC1. The van der Waals surface area contributed by atoms with E-state index in [2.05, 4.69) is 12.0 Å². The number of anilines is 1. The van der Waals surface area contributed by atoms with Crippen molar-refractivity contribution >= 4 is 11.7 Å². The molecule has 94 valence electrons. The second kappa shape index (κ2) is 5.21. The number of nitrogens with zero attached hydrogens (tertiary/aromatic N) is 2. The number of hydrogen-bond donors (Lipinski definition) is 1. The van der Waals surface area contributed by atoms with E-state index in [1.165, 1.54) is 10.9 Å². The predicted molar refractivity (Wildman–Crippen MR) is 64.2 cm³/mol. The highest BCUT2D eigenvalue weighted by atomic mass is 16.5. The van der Waals surface area contributed by atoms with Crippen LogP contribution >= 0.6 is 0 Å². The maximum Gasteiger partial charge on any atom is 0.328 e. The third-order valence-electron chi connectivity index (χ3n) is 3.21. The number of aromatic nitrogens is 2. The molecule has 1 heterocycles. The van der Waals surface area contributed by atoms with Gasteiger partial charge in [0.1, 0.15) is 12.6 Å². The summed E-state index contributed by atoms with van der Waals surface area (Å²) in [5.41, 5.74) is 6.08. The maximum atomic E-state index is 11.6. The number of nitrogen functional groups attached to an aromatic ring is 1. The summed E-state index contributed by atoms with van der Waals surface area (Å²) in [6, 6.07) is 0. The van der Waals surface area contributed by atoms with Crippen molar-refractivity contribution in [2.45, 2.75) is 45.3 Å². The fourth-order valence-corrected chi connectivity index (χ4v) is 2.17. The Morgan fingerprint density at radius 2 is 2.24 bits per heavy atom. The Balaban J connectivity index is 1.77. The number of hydrogen-bond acceptors (Lipinski definition) is 4. The van der Waals surface area contributed by atoms with Gasteiger partial charge in [-0.05, 0) is 31.6 Å². The fourth-order valence-electron chi connectivity index (χ4n) is 2.17. The Bertz CT molecular complexity index is 381. The molecule has 0 unspecified atom stereocenters. The molecule has 1 saturated carbocycles. The van der Waals surface area contributed by atoms with E-state index in [4.69, 9.17) is 10.5 Å². The minimum atomic E-state index is -0.229. The lowest BCUT2D eigenvalue weighted by Gasteiger charge is -2.25. The van der Waals surface area contributed by atoms with E-state index < -0.39 is 0 Å². The summed E-state index contributed by atoms with van der Waals surface area (Å²) in [4.78, 5) is 11.6. The number of rotatable bonds is 3. The molecule has 1 aliphatic rings. The third kappa shape index (κ3) is 3.47. The summed E-state index contributed by atoms with van der Waals surface area (Å²) in [6.45, 7) is 2.38. The number of carbonyl (C=O) groups is 1. The van der Waals surface area contributed by atoms with Crippen molar-refractivity contribution in [2.75, 3.05) is 5.73 Å². The van der Waals surface area contributed by atoms with Crippen LogP contribution in [-0.2, 0) is 16.1 Å². The Labute approximate surface area is 101 Å². The van der Waals surface area contributed by atoms with Crippen LogP contribution in [0.4, 0.5) is 5.69 Å². The Kier molecular flexibility index (Phi) is 3.66. The molecule has 1 aromatic heterocycles. The molecule has 17 heavy (non-hydrogen) atoms. The van der Waals surface area contributed by atoms with Crippen LogP contribution in [0.1, 0.15) is 32.6 Å².